The molecule has 0 saturated carbocycles. The highest BCUT2D eigenvalue weighted by atomic mass is 16.7. The van der Waals surface area contributed by atoms with Crippen LogP contribution < -0.4 is 10.1 Å². The number of ether oxygens (including phenoxy) is 4. The Morgan fingerprint density at radius 1 is 1.24 bits per heavy atom. The van der Waals surface area contributed by atoms with Crippen LogP contribution in [-0.2, 0) is 19.0 Å². The summed E-state index contributed by atoms with van der Waals surface area (Å²) < 4.78 is 21.1. The van der Waals surface area contributed by atoms with Crippen molar-refractivity contribution in [3.63, 3.8) is 0 Å². The maximum atomic E-state index is 12.0. The Balaban J connectivity index is 1.70. The molecule has 1 aromatic carbocycles. The van der Waals surface area contributed by atoms with Crippen LogP contribution in [0, 0.1) is 11.8 Å². The number of carbonyl (C=O) groups is 1. The van der Waals surface area contributed by atoms with Gasteiger partial charge in [0.25, 0.3) is 0 Å². The van der Waals surface area contributed by atoms with E-state index in [1.807, 2.05) is 24.3 Å². The lowest BCUT2D eigenvalue weighted by Gasteiger charge is -2.34. The number of methoxy groups -OCH3 is 3. The van der Waals surface area contributed by atoms with E-state index >= 15 is 0 Å². The molecule has 134 valence electrons. The van der Waals surface area contributed by atoms with E-state index in [9.17, 15) is 4.79 Å². The van der Waals surface area contributed by atoms with Crippen molar-refractivity contribution in [2.45, 2.75) is 12.7 Å². The van der Waals surface area contributed by atoms with Crippen LogP contribution in [0.2, 0.25) is 0 Å². The van der Waals surface area contributed by atoms with Gasteiger partial charge in [-0.05, 0) is 36.3 Å². The maximum absolute atomic E-state index is 12.0. The maximum Gasteiger partial charge on any atom is 0.337 e. The lowest BCUT2D eigenvalue weighted by Crippen LogP contribution is -2.37. The molecule has 1 heterocycles. The number of esters is 1. The Morgan fingerprint density at radius 3 is 2.64 bits per heavy atom. The van der Waals surface area contributed by atoms with E-state index in [0.717, 1.165) is 17.9 Å². The Labute approximate surface area is 147 Å². The van der Waals surface area contributed by atoms with Crippen LogP contribution in [0.15, 0.2) is 47.7 Å². The van der Waals surface area contributed by atoms with Gasteiger partial charge in [-0.3, -0.25) is 0 Å². The number of carbonyl (C=O) groups excluding carboxylic acids is 1. The van der Waals surface area contributed by atoms with E-state index in [-0.39, 0.29) is 17.8 Å². The minimum atomic E-state index is -0.398. The first-order chi connectivity index (χ1) is 12.2. The molecule has 1 aromatic rings. The van der Waals surface area contributed by atoms with Crippen molar-refractivity contribution in [1.82, 2.24) is 0 Å². The molecule has 0 amide bonds. The lowest BCUT2D eigenvalue weighted by atomic mass is 9.83. The van der Waals surface area contributed by atoms with Gasteiger partial charge in [0.15, 0.2) is 0 Å². The molecule has 0 fully saturated rings. The summed E-state index contributed by atoms with van der Waals surface area (Å²) in [6.45, 7) is 0.658. The Kier molecular flexibility index (Phi) is 5.28. The van der Waals surface area contributed by atoms with Gasteiger partial charge in [0.05, 0.1) is 32.0 Å². The van der Waals surface area contributed by atoms with Crippen molar-refractivity contribution in [2.24, 2.45) is 11.8 Å². The first-order valence-corrected chi connectivity index (χ1v) is 8.21. The molecular weight excluding hydrogens is 322 g/mol. The highest BCUT2D eigenvalue weighted by molar-refractivity contribution is 5.89. The van der Waals surface area contributed by atoms with E-state index in [4.69, 9.17) is 18.9 Å². The van der Waals surface area contributed by atoms with Crippen LogP contribution >= 0.6 is 0 Å². The van der Waals surface area contributed by atoms with Crippen molar-refractivity contribution in [3.8, 4) is 5.75 Å². The van der Waals surface area contributed by atoms with E-state index < -0.39 is 6.29 Å². The smallest absolute Gasteiger partial charge is 0.337 e. The number of anilines is 1. The van der Waals surface area contributed by atoms with Gasteiger partial charge in [0.2, 0.25) is 6.29 Å². The second kappa shape index (κ2) is 7.61. The molecule has 1 aliphatic heterocycles. The number of benzene rings is 1. The molecule has 25 heavy (non-hydrogen) atoms. The molecule has 2 unspecified atom stereocenters. The van der Waals surface area contributed by atoms with Crippen molar-refractivity contribution >= 4 is 11.7 Å². The summed E-state index contributed by atoms with van der Waals surface area (Å²) in [5, 5.41) is 3.40. The molecule has 1 aliphatic carbocycles. The number of hydrogen-bond acceptors (Lipinski definition) is 6. The highest BCUT2D eigenvalue weighted by Crippen LogP contribution is 2.43. The van der Waals surface area contributed by atoms with Crippen molar-refractivity contribution in [3.05, 3.63) is 47.7 Å². The summed E-state index contributed by atoms with van der Waals surface area (Å²) in [5.41, 5.74) is 2.73. The van der Waals surface area contributed by atoms with Gasteiger partial charge in [-0.2, -0.15) is 0 Å². The predicted molar refractivity (Wildman–Crippen MR) is 93.1 cm³/mol. The molecule has 0 saturated heterocycles. The number of fused-ring (bicyclic) bond motifs is 1. The van der Waals surface area contributed by atoms with Crippen LogP contribution in [0.3, 0.4) is 0 Å². The topological polar surface area (TPSA) is 66.0 Å². The average Bonchev–Trinajstić information content (AvgIpc) is 3.09. The third-order valence-electron chi connectivity index (χ3n) is 4.76. The summed E-state index contributed by atoms with van der Waals surface area (Å²) >= 11 is 0. The zero-order valence-electron chi connectivity index (χ0n) is 14.7. The molecular formula is C19H23NO5. The molecule has 2 aliphatic rings. The number of hydrogen-bond donors (Lipinski definition) is 1. The summed E-state index contributed by atoms with van der Waals surface area (Å²) in [5.74, 6) is 0.495. The van der Waals surface area contributed by atoms with E-state index in [1.54, 1.807) is 14.2 Å². The summed E-state index contributed by atoms with van der Waals surface area (Å²) in [7, 11) is 4.65. The number of rotatable bonds is 6. The van der Waals surface area contributed by atoms with Gasteiger partial charge in [0, 0.05) is 25.3 Å². The van der Waals surface area contributed by atoms with Crippen LogP contribution in [-0.4, -0.2) is 40.1 Å². The van der Waals surface area contributed by atoms with E-state index in [0.29, 0.717) is 12.1 Å². The van der Waals surface area contributed by atoms with Gasteiger partial charge in [-0.1, -0.05) is 6.08 Å². The molecule has 6 heteroatoms. The molecule has 1 N–H and O–H groups in total. The van der Waals surface area contributed by atoms with Crippen LogP contribution in [0.5, 0.6) is 5.75 Å². The van der Waals surface area contributed by atoms with E-state index in [1.165, 1.54) is 18.9 Å². The van der Waals surface area contributed by atoms with Crippen LogP contribution in [0.25, 0.3) is 0 Å². The second-order valence-electron chi connectivity index (χ2n) is 6.03. The summed E-state index contributed by atoms with van der Waals surface area (Å²) in [4.78, 5) is 12.0. The van der Waals surface area contributed by atoms with Crippen LogP contribution in [0.1, 0.15) is 6.42 Å². The van der Waals surface area contributed by atoms with Gasteiger partial charge >= 0.3 is 5.97 Å². The predicted octanol–water partition coefficient (Wildman–Crippen LogP) is 2.73. The third kappa shape index (κ3) is 3.49. The lowest BCUT2D eigenvalue weighted by molar-refractivity contribution is -0.146. The first kappa shape index (κ1) is 17.4. The molecule has 6 nitrogen and oxygen atoms in total. The van der Waals surface area contributed by atoms with Gasteiger partial charge in [-0.25, -0.2) is 4.79 Å². The fraction of sp³-hybridized carbons (Fsp3) is 0.421. The largest absolute Gasteiger partial charge is 0.497 e. The minimum Gasteiger partial charge on any atom is -0.497 e. The average molecular weight is 345 g/mol. The van der Waals surface area contributed by atoms with Gasteiger partial charge in [-0.15, -0.1) is 0 Å². The Morgan fingerprint density at radius 2 is 2.00 bits per heavy atom. The molecule has 0 radical (unpaired) electrons. The van der Waals surface area contributed by atoms with Gasteiger partial charge < -0.3 is 24.3 Å². The van der Waals surface area contributed by atoms with Crippen LogP contribution in [0.4, 0.5) is 5.69 Å². The highest BCUT2D eigenvalue weighted by Gasteiger charge is 2.44. The molecule has 0 spiro atoms. The first-order valence-electron chi connectivity index (χ1n) is 8.21. The molecule has 3 rings (SSSR count). The summed E-state index contributed by atoms with van der Waals surface area (Å²) in [6.07, 6.45) is 4.01. The van der Waals surface area contributed by atoms with Crippen molar-refractivity contribution in [1.29, 1.82) is 0 Å². The second-order valence-corrected chi connectivity index (χ2v) is 6.03. The standard InChI is InChI=1S/C19H23NO5/c1-22-14-7-5-13(6-8-14)20-10-12-4-9-15-16(18(21)23-2)11-25-19(24-3)17(12)15/h4-8,11,15,17,19-20H,9-10H2,1-3H3/t15?,17?,19-/m1/s1. The molecule has 0 bridgehead atoms. The van der Waals surface area contributed by atoms with E-state index in [2.05, 4.69) is 11.4 Å². The molecule has 3 atom stereocenters. The quantitative estimate of drug-likeness (QED) is 0.632. The zero-order chi connectivity index (χ0) is 17.8. The SMILES string of the molecule is COC(=O)C1=CO[C@@H](OC)C2C(CNc3ccc(OC)cc3)=CCC12. The monoisotopic (exact) mass is 345 g/mol. The zero-order valence-corrected chi connectivity index (χ0v) is 14.7. The molecule has 0 aromatic heterocycles. The van der Waals surface area contributed by atoms with Gasteiger partial charge in [0.1, 0.15) is 5.75 Å². The van der Waals surface area contributed by atoms with Crippen molar-refractivity contribution < 1.29 is 23.7 Å². The number of allylic oxidation sites excluding steroid dienone is 1. The third-order valence-corrected chi connectivity index (χ3v) is 4.76. The normalized spacial score (nSPS) is 24.5. The summed E-state index contributed by atoms with van der Waals surface area (Å²) in [6, 6.07) is 7.76. The minimum absolute atomic E-state index is 0.00477. The van der Waals surface area contributed by atoms with Crippen molar-refractivity contribution in [2.75, 3.05) is 33.2 Å². The Hall–Kier alpha value is -2.47. The Bertz CT molecular complexity index is 680. The number of nitrogens with one attached hydrogen (secondary N) is 1. The fourth-order valence-electron chi connectivity index (χ4n) is 3.44. The fourth-order valence-corrected chi connectivity index (χ4v) is 3.44.